The lowest BCUT2D eigenvalue weighted by molar-refractivity contribution is -0.245. The van der Waals surface area contributed by atoms with Gasteiger partial charge in [0.1, 0.15) is 6.61 Å². The quantitative estimate of drug-likeness (QED) is 0.121. The molecule has 1 N–H and O–H groups in total. The number of rotatable bonds is 6. The van der Waals surface area contributed by atoms with Crippen LogP contribution in [0.4, 0.5) is 0 Å². The molecular weight excluding hydrogens is 493 g/mol. The average molecular weight is 546 g/mol. The van der Waals surface area contributed by atoms with Crippen molar-refractivity contribution in [2.24, 2.45) is 61.8 Å². The van der Waals surface area contributed by atoms with Crippen molar-refractivity contribution in [2.45, 2.75) is 112 Å². The Balaban J connectivity index is 1.52. The maximum absolute atomic E-state index is 13.0. The molecule has 38 heavy (non-hydrogen) atoms. The van der Waals surface area contributed by atoms with Crippen molar-refractivity contribution in [3.8, 4) is 0 Å². The van der Waals surface area contributed by atoms with Gasteiger partial charge in [-0.05, 0) is 116 Å². The van der Waals surface area contributed by atoms with Gasteiger partial charge >= 0.3 is 5.97 Å². The van der Waals surface area contributed by atoms with Crippen molar-refractivity contribution < 1.29 is 19.3 Å². The summed E-state index contributed by atoms with van der Waals surface area (Å²) in [6.45, 7) is 18.9. The van der Waals surface area contributed by atoms with Gasteiger partial charge in [-0.1, -0.05) is 52.4 Å². The van der Waals surface area contributed by atoms with E-state index in [1.54, 1.807) is 6.08 Å². The van der Waals surface area contributed by atoms with E-state index in [0.717, 1.165) is 44.2 Å². The highest BCUT2D eigenvalue weighted by atomic mass is 31.0. The zero-order valence-electron chi connectivity index (χ0n) is 24.7. The number of fused-ring (bicyclic) bond motifs is 7. The number of carboxylic acids is 1. The molecule has 0 aromatic carbocycles. The lowest BCUT2D eigenvalue weighted by atomic mass is 9.32. The van der Waals surface area contributed by atoms with Gasteiger partial charge in [0.2, 0.25) is 0 Å². The van der Waals surface area contributed by atoms with Crippen LogP contribution in [0.15, 0.2) is 17.8 Å². The lowest BCUT2D eigenvalue weighted by Crippen LogP contribution is -2.67. The van der Waals surface area contributed by atoms with Gasteiger partial charge in [0.25, 0.3) is 0 Å². The van der Waals surface area contributed by atoms with Crippen LogP contribution in [0.2, 0.25) is 0 Å². The molecule has 0 saturated heterocycles. The third-order valence-electron chi connectivity index (χ3n) is 13.9. The molecule has 0 aromatic rings. The summed E-state index contributed by atoms with van der Waals surface area (Å²) in [6, 6.07) is 0. The van der Waals surface area contributed by atoms with Crippen LogP contribution in [0.1, 0.15) is 106 Å². The van der Waals surface area contributed by atoms with Gasteiger partial charge < -0.3 is 14.5 Å². The van der Waals surface area contributed by atoms with Crippen LogP contribution in [0.5, 0.6) is 0 Å². The fourth-order valence-corrected chi connectivity index (χ4v) is 12.4. The summed E-state index contributed by atoms with van der Waals surface area (Å²) in [4.78, 5) is 18.5. The first-order valence-corrected chi connectivity index (χ1v) is 15.7. The first-order valence-electron chi connectivity index (χ1n) is 15.2. The Kier molecular flexibility index (Phi) is 7.20. The minimum Gasteiger partial charge on any atom is -0.481 e. The minimum atomic E-state index is -0.620. The van der Waals surface area contributed by atoms with E-state index < -0.39 is 11.4 Å². The largest absolute Gasteiger partial charge is 0.481 e. The summed E-state index contributed by atoms with van der Waals surface area (Å²) in [5, 5.41) is 15.2. The summed E-state index contributed by atoms with van der Waals surface area (Å²) in [5.41, 5.74) is 1.17. The summed E-state index contributed by atoms with van der Waals surface area (Å²) < 4.78 is 5.95. The Labute approximate surface area is 233 Å². The molecule has 5 rings (SSSR count). The lowest BCUT2D eigenvalue weighted by Gasteiger charge is -2.72. The third-order valence-corrected chi connectivity index (χ3v) is 14.2. The van der Waals surface area contributed by atoms with Crippen LogP contribution >= 0.6 is 9.47 Å². The highest BCUT2D eigenvalue weighted by Crippen LogP contribution is 2.77. The molecule has 0 aromatic heterocycles. The standard InChI is InChI=1S/C32H52NO4P/c1-8-19-36-33-20(2)21-11-16-32(27(34)35)18-17-30(6)22(26(21)32)9-10-24-29(5)14-13-25(37-38)28(3,4)23(29)12-15-31(24,30)7/h8,21-26H,1,9-19,38H2,2-7H3,(H,34,35)/t21-,22?,23?,24?,25-,26?,29-,30+,31+,32-/m0/s1. The Morgan fingerprint density at radius 3 is 2.37 bits per heavy atom. The van der Waals surface area contributed by atoms with Gasteiger partial charge in [0.15, 0.2) is 0 Å². The number of oxime groups is 1. The van der Waals surface area contributed by atoms with Crippen molar-refractivity contribution in [3.63, 3.8) is 0 Å². The normalized spacial score (nSPS) is 49.7. The van der Waals surface area contributed by atoms with E-state index in [1.165, 1.54) is 25.7 Å². The zero-order valence-corrected chi connectivity index (χ0v) is 25.9. The first kappa shape index (κ1) is 28.6. The summed E-state index contributed by atoms with van der Waals surface area (Å²) >= 11 is 0. The second-order valence-corrected chi connectivity index (χ2v) is 15.4. The molecule has 5 aliphatic rings. The molecule has 0 amide bonds. The number of nitrogens with zero attached hydrogens (tertiary/aromatic N) is 1. The van der Waals surface area contributed by atoms with E-state index in [2.05, 4.69) is 62.7 Å². The molecule has 5 fully saturated rings. The SMILES string of the molecule is C=CCON=C(C)[C@@H]1CC[C@]2(C(=O)O)CC[C@]3(C)C(CCC4[C@@]5(C)CC[C@H](OP)C(C)(C)C5CC[C@]43C)C12. The van der Waals surface area contributed by atoms with Crippen LogP contribution in [0, 0.1) is 56.7 Å². The Morgan fingerprint density at radius 2 is 1.71 bits per heavy atom. The van der Waals surface area contributed by atoms with E-state index >= 15 is 0 Å². The Morgan fingerprint density at radius 1 is 0.974 bits per heavy atom. The number of hydrogen-bond donors (Lipinski definition) is 1. The van der Waals surface area contributed by atoms with E-state index in [9.17, 15) is 9.90 Å². The number of aliphatic carboxylic acids is 1. The van der Waals surface area contributed by atoms with Gasteiger partial charge in [-0.25, -0.2) is 0 Å². The van der Waals surface area contributed by atoms with E-state index in [1.807, 2.05) is 0 Å². The summed E-state index contributed by atoms with van der Waals surface area (Å²) in [6.07, 6.45) is 12.7. The maximum Gasteiger partial charge on any atom is 0.309 e. The Hall–Kier alpha value is -0.930. The van der Waals surface area contributed by atoms with Gasteiger partial charge in [0.05, 0.1) is 17.2 Å². The van der Waals surface area contributed by atoms with Crippen LogP contribution in [-0.4, -0.2) is 29.5 Å². The molecule has 5 nitrogen and oxygen atoms in total. The molecule has 5 saturated carbocycles. The summed E-state index contributed by atoms with van der Waals surface area (Å²) in [5.74, 6) is 1.47. The van der Waals surface area contributed by atoms with Crippen molar-refractivity contribution in [1.29, 1.82) is 0 Å². The molecule has 0 heterocycles. The van der Waals surface area contributed by atoms with Crippen molar-refractivity contribution in [2.75, 3.05) is 6.61 Å². The molecule has 214 valence electrons. The van der Waals surface area contributed by atoms with Crippen LogP contribution in [0.25, 0.3) is 0 Å². The van der Waals surface area contributed by atoms with Crippen molar-refractivity contribution >= 4 is 21.1 Å². The van der Waals surface area contributed by atoms with Gasteiger partial charge in [-0.2, -0.15) is 0 Å². The fraction of sp³-hybridized carbons (Fsp3) is 0.875. The number of carboxylic acid groups (broad SMARTS) is 1. The molecule has 5 aliphatic carbocycles. The monoisotopic (exact) mass is 545 g/mol. The van der Waals surface area contributed by atoms with E-state index in [4.69, 9.17) is 9.36 Å². The molecule has 0 bridgehead atoms. The first-order chi connectivity index (χ1) is 17.8. The number of carbonyl (C=O) groups is 1. The highest BCUT2D eigenvalue weighted by Gasteiger charge is 2.72. The third kappa shape index (κ3) is 3.69. The molecule has 0 spiro atoms. The fourth-order valence-electron chi connectivity index (χ4n) is 11.9. The van der Waals surface area contributed by atoms with Crippen LogP contribution in [-0.2, 0) is 14.2 Å². The van der Waals surface area contributed by atoms with Crippen molar-refractivity contribution in [3.05, 3.63) is 12.7 Å². The maximum atomic E-state index is 13.0. The number of hydrogen-bond acceptors (Lipinski definition) is 4. The van der Waals surface area contributed by atoms with Gasteiger partial charge in [-0.3, -0.25) is 4.79 Å². The molecule has 5 unspecified atom stereocenters. The highest BCUT2D eigenvalue weighted by molar-refractivity contribution is 7.09. The van der Waals surface area contributed by atoms with Gasteiger partial charge in [0, 0.05) is 15.4 Å². The second-order valence-electron chi connectivity index (χ2n) is 15.1. The smallest absolute Gasteiger partial charge is 0.309 e. The predicted molar refractivity (Wildman–Crippen MR) is 156 cm³/mol. The van der Waals surface area contributed by atoms with Crippen LogP contribution in [0.3, 0.4) is 0 Å². The average Bonchev–Trinajstić information content (AvgIpc) is 3.25. The zero-order chi connectivity index (χ0) is 27.7. The van der Waals surface area contributed by atoms with Gasteiger partial charge in [-0.15, -0.1) is 0 Å². The molecule has 6 heteroatoms. The molecule has 0 radical (unpaired) electrons. The van der Waals surface area contributed by atoms with Crippen LogP contribution < -0.4 is 0 Å². The second kappa shape index (κ2) is 9.57. The molecular formula is C32H52NO4P. The Bertz CT molecular complexity index is 996. The predicted octanol–water partition coefficient (Wildman–Crippen LogP) is 7.91. The van der Waals surface area contributed by atoms with Crippen molar-refractivity contribution in [1.82, 2.24) is 0 Å². The topological polar surface area (TPSA) is 68.1 Å². The van der Waals surface area contributed by atoms with E-state index in [-0.39, 0.29) is 28.1 Å². The summed E-state index contributed by atoms with van der Waals surface area (Å²) in [7, 11) is 2.55. The van der Waals surface area contributed by atoms with E-state index in [0.29, 0.717) is 35.9 Å². The molecule has 11 atom stereocenters. The minimum absolute atomic E-state index is 0.135. The molecule has 0 aliphatic heterocycles.